The summed E-state index contributed by atoms with van der Waals surface area (Å²) in [7, 11) is 0. The van der Waals surface area contributed by atoms with Crippen LogP contribution in [0.4, 0.5) is 0 Å². The van der Waals surface area contributed by atoms with Crippen molar-refractivity contribution in [3.05, 3.63) is 136 Å². The van der Waals surface area contributed by atoms with Crippen LogP contribution in [-0.4, -0.2) is 29.4 Å². The van der Waals surface area contributed by atoms with Crippen LogP contribution in [0.3, 0.4) is 0 Å². The third-order valence-corrected chi connectivity index (χ3v) is 7.84. The van der Waals surface area contributed by atoms with Crippen LogP contribution >= 0.6 is 23.5 Å². The molecule has 0 aliphatic rings. The highest BCUT2D eigenvalue weighted by Crippen LogP contribution is 2.29. The SMILES string of the molecule is O=c1c2ccccc2nc(SCc2nnc(S/C=C/c3ccccc3O)n2-c2ccccc2)n1-c1ccccc1. The predicted octanol–water partition coefficient (Wildman–Crippen LogP) is 6.73. The standard InChI is InChI=1S/C31H23N5O2S2/c37-27-18-10-7-11-22(27)19-20-39-31-34-33-28(35(31)23-12-3-1-4-13-23)21-40-30-32-26-17-9-8-16-25(26)29(38)36(30)24-14-5-2-6-15-24/h1-20,37H,21H2/b20-19+. The van der Waals surface area contributed by atoms with Crippen LogP contribution in [0.25, 0.3) is 28.4 Å². The van der Waals surface area contributed by atoms with Crippen LogP contribution in [0.15, 0.2) is 130 Å². The van der Waals surface area contributed by atoms with Crippen molar-refractivity contribution in [2.24, 2.45) is 0 Å². The predicted molar refractivity (Wildman–Crippen MR) is 161 cm³/mol. The Morgan fingerprint density at radius 2 is 1.38 bits per heavy atom. The summed E-state index contributed by atoms with van der Waals surface area (Å²) in [4.78, 5) is 18.4. The Hall–Kier alpha value is -4.60. The Bertz CT molecular complexity index is 1870. The first-order chi connectivity index (χ1) is 19.7. The van der Waals surface area contributed by atoms with Crippen LogP contribution in [0.2, 0.25) is 0 Å². The second-order valence-electron chi connectivity index (χ2n) is 8.73. The van der Waals surface area contributed by atoms with Crippen molar-refractivity contribution in [1.82, 2.24) is 24.3 Å². The molecule has 0 saturated heterocycles. The highest BCUT2D eigenvalue weighted by Gasteiger charge is 2.18. The van der Waals surface area contributed by atoms with E-state index in [9.17, 15) is 9.90 Å². The lowest BCUT2D eigenvalue weighted by molar-refractivity contribution is 0.474. The van der Waals surface area contributed by atoms with Crippen LogP contribution in [0, 0.1) is 0 Å². The van der Waals surface area contributed by atoms with Crippen molar-refractivity contribution < 1.29 is 5.11 Å². The first-order valence-corrected chi connectivity index (χ1v) is 14.4. The number of hydrogen-bond acceptors (Lipinski definition) is 7. The number of nitrogens with zero attached hydrogens (tertiary/aromatic N) is 5. The smallest absolute Gasteiger partial charge is 0.266 e. The van der Waals surface area contributed by atoms with Gasteiger partial charge in [0, 0.05) is 11.3 Å². The first-order valence-electron chi connectivity index (χ1n) is 12.5. The topological polar surface area (TPSA) is 85.8 Å². The van der Waals surface area contributed by atoms with Gasteiger partial charge in [-0.05, 0) is 53.9 Å². The van der Waals surface area contributed by atoms with Gasteiger partial charge in [-0.1, -0.05) is 90.3 Å². The van der Waals surface area contributed by atoms with Gasteiger partial charge in [-0.15, -0.1) is 10.2 Å². The van der Waals surface area contributed by atoms with Gasteiger partial charge in [0.1, 0.15) is 11.6 Å². The lowest BCUT2D eigenvalue weighted by atomic mass is 10.2. The molecular formula is C31H23N5O2S2. The number of rotatable bonds is 8. The zero-order valence-electron chi connectivity index (χ0n) is 21.2. The van der Waals surface area contributed by atoms with E-state index in [1.807, 2.05) is 107 Å². The molecule has 40 heavy (non-hydrogen) atoms. The minimum absolute atomic E-state index is 0.116. The Morgan fingerprint density at radius 1 is 0.725 bits per heavy atom. The third kappa shape index (κ3) is 5.29. The van der Waals surface area contributed by atoms with Crippen LogP contribution in [0.1, 0.15) is 11.4 Å². The molecule has 1 N–H and O–H groups in total. The molecule has 196 valence electrons. The average Bonchev–Trinajstić information content (AvgIpc) is 3.40. The summed E-state index contributed by atoms with van der Waals surface area (Å²) in [5, 5.41) is 22.8. The summed E-state index contributed by atoms with van der Waals surface area (Å²) in [5.74, 6) is 1.37. The fourth-order valence-corrected chi connectivity index (χ4v) is 5.91. The summed E-state index contributed by atoms with van der Waals surface area (Å²) >= 11 is 2.85. The first kappa shape index (κ1) is 25.7. The summed E-state index contributed by atoms with van der Waals surface area (Å²) < 4.78 is 3.65. The lowest BCUT2D eigenvalue weighted by Crippen LogP contribution is -2.21. The second-order valence-corrected chi connectivity index (χ2v) is 10.5. The summed E-state index contributed by atoms with van der Waals surface area (Å²) in [6, 6.07) is 34.0. The molecule has 9 heteroatoms. The third-order valence-electron chi connectivity index (χ3n) is 6.16. The highest BCUT2D eigenvalue weighted by atomic mass is 32.2. The largest absolute Gasteiger partial charge is 0.507 e. The molecular weight excluding hydrogens is 539 g/mol. The van der Waals surface area contributed by atoms with Crippen molar-refractivity contribution in [2.45, 2.75) is 16.1 Å². The monoisotopic (exact) mass is 561 g/mol. The molecule has 0 atom stereocenters. The van der Waals surface area contributed by atoms with E-state index in [0.717, 1.165) is 22.8 Å². The second kappa shape index (κ2) is 11.6. The molecule has 6 aromatic rings. The molecule has 0 radical (unpaired) electrons. The van der Waals surface area contributed by atoms with Gasteiger partial charge >= 0.3 is 0 Å². The molecule has 0 saturated carbocycles. The molecule has 7 nitrogen and oxygen atoms in total. The van der Waals surface area contributed by atoms with Gasteiger partial charge < -0.3 is 5.11 Å². The molecule has 0 amide bonds. The fourth-order valence-electron chi connectivity index (χ4n) is 4.25. The van der Waals surface area contributed by atoms with E-state index in [1.165, 1.54) is 23.5 Å². The van der Waals surface area contributed by atoms with Gasteiger partial charge in [-0.2, -0.15) is 0 Å². The van der Waals surface area contributed by atoms with Gasteiger partial charge in [0.05, 0.1) is 22.3 Å². The molecule has 0 unspecified atom stereocenters. The maximum absolute atomic E-state index is 13.6. The van der Waals surface area contributed by atoms with Gasteiger partial charge in [0.25, 0.3) is 5.56 Å². The lowest BCUT2D eigenvalue weighted by Gasteiger charge is -2.14. The Morgan fingerprint density at radius 3 is 2.12 bits per heavy atom. The van der Waals surface area contributed by atoms with E-state index in [4.69, 9.17) is 4.98 Å². The average molecular weight is 562 g/mol. The van der Waals surface area contributed by atoms with E-state index in [2.05, 4.69) is 10.2 Å². The number of phenolic OH excluding ortho intramolecular Hbond substituents is 1. The van der Waals surface area contributed by atoms with Crippen LogP contribution < -0.4 is 5.56 Å². The highest BCUT2D eigenvalue weighted by molar-refractivity contribution is 8.02. The Labute approximate surface area is 238 Å². The number of phenols is 1. The quantitative estimate of drug-likeness (QED) is 0.163. The van der Waals surface area contributed by atoms with Gasteiger partial charge in [-0.3, -0.25) is 13.9 Å². The number of fused-ring (bicyclic) bond motifs is 1. The summed E-state index contributed by atoms with van der Waals surface area (Å²) in [6.07, 6.45) is 1.84. The number of aromatic nitrogens is 5. The summed E-state index contributed by atoms with van der Waals surface area (Å²) in [6.45, 7) is 0. The van der Waals surface area contributed by atoms with E-state index in [-0.39, 0.29) is 11.3 Å². The van der Waals surface area contributed by atoms with Gasteiger partial charge in [-0.25, -0.2) is 4.98 Å². The van der Waals surface area contributed by atoms with E-state index < -0.39 is 0 Å². The minimum Gasteiger partial charge on any atom is -0.507 e. The van der Waals surface area contributed by atoms with Crippen molar-refractivity contribution in [3.63, 3.8) is 0 Å². The van der Waals surface area contributed by atoms with Crippen LogP contribution in [0.5, 0.6) is 5.75 Å². The van der Waals surface area contributed by atoms with E-state index in [0.29, 0.717) is 27.0 Å². The summed E-state index contributed by atoms with van der Waals surface area (Å²) in [5.41, 5.74) is 2.93. The molecule has 0 bridgehead atoms. The van der Waals surface area contributed by atoms with Crippen molar-refractivity contribution >= 4 is 40.5 Å². The number of benzene rings is 4. The molecule has 0 aliphatic heterocycles. The Balaban J connectivity index is 1.36. The van der Waals surface area contributed by atoms with Crippen molar-refractivity contribution in [1.29, 1.82) is 0 Å². The number of aromatic hydroxyl groups is 1. The van der Waals surface area contributed by atoms with Gasteiger partial charge in [0.15, 0.2) is 10.3 Å². The molecule has 0 fully saturated rings. The molecule has 6 rings (SSSR count). The molecule has 0 aliphatic carbocycles. The Kier molecular flexibility index (Phi) is 7.47. The normalized spacial score (nSPS) is 11.4. The minimum atomic E-state index is -0.116. The van der Waals surface area contributed by atoms with E-state index >= 15 is 0 Å². The zero-order chi connectivity index (χ0) is 27.3. The van der Waals surface area contributed by atoms with Crippen molar-refractivity contribution in [3.8, 4) is 17.1 Å². The van der Waals surface area contributed by atoms with E-state index in [1.54, 1.807) is 22.8 Å². The maximum Gasteiger partial charge on any atom is 0.266 e. The number of para-hydroxylation sites is 4. The molecule has 2 aromatic heterocycles. The number of thioether (sulfide) groups is 2. The van der Waals surface area contributed by atoms with Crippen LogP contribution in [-0.2, 0) is 5.75 Å². The van der Waals surface area contributed by atoms with Gasteiger partial charge in [0.2, 0.25) is 0 Å². The molecule has 0 spiro atoms. The maximum atomic E-state index is 13.6. The fraction of sp³-hybridized carbons (Fsp3) is 0.0323. The zero-order valence-corrected chi connectivity index (χ0v) is 22.8. The number of hydrogen-bond donors (Lipinski definition) is 1. The molecule has 2 heterocycles. The van der Waals surface area contributed by atoms with Crippen molar-refractivity contribution in [2.75, 3.05) is 0 Å². The molecule has 4 aromatic carbocycles.